The summed E-state index contributed by atoms with van der Waals surface area (Å²) in [5.74, 6) is -0.161. The van der Waals surface area contributed by atoms with E-state index in [0.717, 1.165) is 11.1 Å². The second kappa shape index (κ2) is 7.81. The summed E-state index contributed by atoms with van der Waals surface area (Å²) in [7, 11) is 3.08. The molecule has 24 heavy (non-hydrogen) atoms. The lowest BCUT2D eigenvalue weighted by atomic mass is 9.82. The molecule has 130 valence electrons. The summed E-state index contributed by atoms with van der Waals surface area (Å²) in [5, 5.41) is 3.91. The number of esters is 1. The lowest BCUT2D eigenvalue weighted by molar-refractivity contribution is -0.147. The molecule has 1 aliphatic carbocycles. The van der Waals surface area contributed by atoms with Gasteiger partial charge in [-0.1, -0.05) is 5.16 Å². The van der Waals surface area contributed by atoms with Gasteiger partial charge in [0.05, 0.1) is 32.5 Å². The molecule has 0 spiro atoms. The Hall–Kier alpha value is -2.57. The van der Waals surface area contributed by atoms with Crippen molar-refractivity contribution in [2.45, 2.75) is 26.7 Å². The summed E-state index contributed by atoms with van der Waals surface area (Å²) >= 11 is 0. The van der Waals surface area contributed by atoms with Crippen molar-refractivity contribution < 1.29 is 28.6 Å². The highest BCUT2D eigenvalue weighted by Gasteiger charge is 2.33. The molecule has 1 aromatic carbocycles. The largest absolute Gasteiger partial charge is 0.493 e. The van der Waals surface area contributed by atoms with E-state index in [1.54, 1.807) is 20.1 Å². The molecule has 0 radical (unpaired) electrons. The third kappa shape index (κ3) is 3.67. The number of methoxy groups -OCH3 is 2. The van der Waals surface area contributed by atoms with Gasteiger partial charge >= 0.3 is 11.9 Å². The van der Waals surface area contributed by atoms with Crippen molar-refractivity contribution in [3.63, 3.8) is 0 Å². The zero-order valence-electron chi connectivity index (χ0n) is 14.3. The predicted molar refractivity (Wildman–Crippen MR) is 86.3 cm³/mol. The van der Waals surface area contributed by atoms with Gasteiger partial charge < -0.3 is 19.0 Å². The van der Waals surface area contributed by atoms with Gasteiger partial charge in [-0.05, 0) is 25.5 Å². The summed E-state index contributed by atoms with van der Waals surface area (Å²) in [5.41, 5.74) is 2.06. The van der Waals surface area contributed by atoms with E-state index in [0.29, 0.717) is 36.7 Å². The van der Waals surface area contributed by atoms with E-state index in [1.807, 2.05) is 6.07 Å². The minimum absolute atomic E-state index is 0.299. The van der Waals surface area contributed by atoms with Crippen LogP contribution in [0.4, 0.5) is 0 Å². The summed E-state index contributed by atoms with van der Waals surface area (Å²) < 4.78 is 15.9. The number of ether oxygens (including phenoxy) is 3. The van der Waals surface area contributed by atoms with E-state index >= 15 is 0 Å². The summed E-state index contributed by atoms with van der Waals surface area (Å²) in [6.45, 7) is 3.32. The number of carbonyl (C=O) groups excluding carboxylic acids is 2. The van der Waals surface area contributed by atoms with Crippen molar-refractivity contribution in [2.75, 3.05) is 20.8 Å². The third-order valence-corrected chi connectivity index (χ3v) is 3.75. The third-order valence-electron chi connectivity index (χ3n) is 3.75. The highest BCUT2D eigenvalue weighted by molar-refractivity contribution is 6.05. The molecule has 0 saturated carbocycles. The maximum absolute atomic E-state index is 12.2. The Labute approximate surface area is 140 Å². The molecule has 0 aliphatic heterocycles. The van der Waals surface area contributed by atoms with Crippen LogP contribution in [0.1, 0.15) is 31.4 Å². The van der Waals surface area contributed by atoms with Gasteiger partial charge in [0.1, 0.15) is 0 Å². The predicted octanol–water partition coefficient (Wildman–Crippen LogP) is 2.10. The first-order valence-corrected chi connectivity index (χ1v) is 7.67. The Bertz CT molecular complexity index is 667. The van der Waals surface area contributed by atoms with Gasteiger partial charge in [0.2, 0.25) is 0 Å². The van der Waals surface area contributed by atoms with Gasteiger partial charge in [-0.2, -0.15) is 0 Å². The molecule has 1 aromatic rings. The van der Waals surface area contributed by atoms with Gasteiger partial charge in [-0.15, -0.1) is 0 Å². The van der Waals surface area contributed by atoms with Crippen LogP contribution in [0.3, 0.4) is 0 Å². The monoisotopic (exact) mass is 335 g/mol. The van der Waals surface area contributed by atoms with Crippen LogP contribution in [0.15, 0.2) is 17.3 Å². The molecule has 0 amide bonds. The molecule has 0 saturated heterocycles. The van der Waals surface area contributed by atoms with Crippen molar-refractivity contribution >= 4 is 17.7 Å². The second-order valence-corrected chi connectivity index (χ2v) is 5.31. The van der Waals surface area contributed by atoms with E-state index < -0.39 is 11.9 Å². The Balaban J connectivity index is 2.50. The van der Waals surface area contributed by atoms with Gasteiger partial charge in [0.15, 0.2) is 11.5 Å². The minimum atomic E-state index is -0.525. The van der Waals surface area contributed by atoms with Crippen LogP contribution in [0.2, 0.25) is 0 Å². The SMILES string of the molecule is CCOC(=O)[C@@H]1C/C(=N/OC(C)=O)c2ccc(OC)c(OC)c2C1. The number of carbonyl (C=O) groups is 2. The average molecular weight is 335 g/mol. The fraction of sp³-hybridized carbons (Fsp3) is 0.471. The first-order valence-electron chi connectivity index (χ1n) is 7.67. The molecular weight excluding hydrogens is 314 g/mol. The number of hydrogen-bond acceptors (Lipinski definition) is 7. The molecule has 0 N–H and O–H groups in total. The van der Waals surface area contributed by atoms with Crippen molar-refractivity contribution in [3.8, 4) is 11.5 Å². The molecule has 0 bridgehead atoms. The fourth-order valence-electron chi connectivity index (χ4n) is 2.76. The van der Waals surface area contributed by atoms with Gasteiger partial charge in [-0.3, -0.25) is 4.79 Å². The highest BCUT2D eigenvalue weighted by Crippen LogP contribution is 2.39. The Morgan fingerprint density at radius 1 is 1.21 bits per heavy atom. The Morgan fingerprint density at radius 2 is 1.96 bits per heavy atom. The van der Waals surface area contributed by atoms with Crippen LogP contribution in [-0.4, -0.2) is 38.5 Å². The van der Waals surface area contributed by atoms with Crippen molar-refractivity contribution in [1.29, 1.82) is 0 Å². The molecule has 7 nitrogen and oxygen atoms in total. The molecule has 2 rings (SSSR count). The lowest BCUT2D eigenvalue weighted by Crippen LogP contribution is -2.29. The van der Waals surface area contributed by atoms with Crippen molar-refractivity contribution in [2.24, 2.45) is 11.1 Å². The number of rotatable bonds is 5. The number of hydrogen-bond donors (Lipinski definition) is 0. The maximum atomic E-state index is 12.2. The standard InChI is InChI=1S/C17H21NO6/c1-5-23-17(20)11-8-13-12(14(9-11)18-24-10(2)19)6-7-15(21-3)16(13)22-4/h6-7,11H,5,8-9H2,1-4H3/b18-14-/t11-/m0/s1. The Morgan fingerprint density at radius 3 is 2.54 bits per heavy atom. The zero-order chi connectivity index (χ0) is 17.7. The van der Waals surface area contributed by atoms with E-state index in [1.165, 1.54) is 14.0 Å². The van der Waals surface area contributed by atoms with Crippen LogP contribution < -0.4 is 9.47 Å². The molecule has 1 aliphatic rings. The minimum Gasteiger partial charge on any atom is -0.493 e. The Kier molecular flexibility index (Phi) is 5.78. The smallest absolute Gasteiger partial charge is 0.331 e. The lowest BCUT2D eigenvalue weighted by Gasteiger charge is -2.26. The topological polar surface area (TPSA) is 83.4 Å². The van der Waals surface area contributed by atoms with Crippen LogP contribution in [0.5, 0.6) is 11.5 Å². The van der Waals surface area contributed by atoms with E-state index in [9.17, 15) is 9.59 Å². The number of nitrogens with zero attached hydrogens (tertiary/aromatic N) is 1. The average Bonchev–Trinajstić information content (AvgIpc) is 2.58. The number of benzene rings is 1. The second-order valence-electron chi connectivity index (χ2n) is 5.31. The van der Waals surface area contributed by atoms with Crippen molar-refractivity contribution in [1.82, 2.24) is 0 Å². The molecule has 0 heterocycles. The van der Waals surface area contributed by atoms with Crippen LogP contribution >= 0.6 is 0 Å². The zero-order valence-corrected chi connectivity index (χ0v) is 14.3. The summed E-state index contributed by atoms with van der Waals surface area (Å²) in [6.07, 6.45) is 0.766. The summed E-state index contributed by atoms with van der Waals surface area (Å²) in [6, 6.07) is 3.58. The molecule has 0 aromatic heterocycles. The van der Waals surface area contributed by atoms with Crippen LogP contribution in [0.25, 0.3) is 0 Å². The van der Waals surface area contributed by atoms with Crippen LogP contribution in [-0.2, 0) is 25.6 Å². The van der Waals surface area contributed by atoms with Crippen molar-refractivity contribution in [3.05, 3.63) is 23.3 Å². The first-order chi connectivity index (χ1) is 11.5. The van der Waals surface area contributed by atoms with E-state index in [4.69, 9.17) is 19.0 Å². The molecule has 0 unspecified atom stereocenters. The van der Waals surface area contributed by atoms with E-state index in [2.05, 4.69) is 5.16 Å². The quantitative estimate of drug-likeness (QED) is 0.465. The maximum Gasteiger partial charge on any atom is 0.331 e. The van der Waals surface area contributed by atoms with Gasteiger partial charge in [0.25, 0.3) is 0 Å². The number of fused-ring (bicyclic) bond motifs is 1. The normalized spacial score (nSPS) is 17.8. The molecular formula is C17H21NO6. The highest BCUT2D eigenvalue weighted by atomic mass is 16.7. The summed E-state index contributed by atoms with van der Waals surface area (Å²) in [4.78, 5) is 28.0. The molecule has 1 atom stereocenters. The van der Waals surface area contributed by atoms with Crippen LogP contribution in [0, 0.1) is 5.92 Å². The molecule has 0 fully saturated rings. The first kappa shape index (κ1) is 17.8. The van der Waals surface area contributed by atoms with Gasteiger partial charge in [-0.25, -0.2) is 4.79 Å². The van der Waals surface area contributed by atoms with Gasteiger partial charge in [0, 0.05) is 24.5 Å². The fourth-order valence-corrected chi connectivity index (χ4v) is 2.76. The molecule has 7 heteroatoms. The number of oxime groups is 1. The van der Waals surface area contributed by atoms with E-state index in [-0.39, 0.29) is 5.97 Å².